The van der Waals surface area contributed by atoms with Crippen molar-refractivity contribution in [2.24, 2.45) is 0 Å². The molecule has 1 atom stereocenters. The minimum Gasteiger partial charge on any atom is -0.463 e. The lowest BCUT2D eigenvalue weighted by atomic mass is 9.93. The van der Waals surface area contributed by atoms with Gasteiger partial charge in [-0.25, -0.2) is 0 Å². The Morgan fingerprint density at radius 3 is 2.80 bits per heavy atom. The molecular weight excluding hydrogens is 398 g/mol. The van der Waals surface area contributed by atoms with E-state index in [9.17, 15) is 9.59 Å². The summed E-state index contributed by atoms with van der Waals surface area (Å²) >= 11 is 1.61. The fourth-order valence-corrected chi connectivity index (χ4v) is 5.54. The van der Waals surface area contributed by atoms with E-state index in [1.807, 2.05) is 35.1 Å². The van der Waals surface area contributed by atoms with Crippen molar-refractivity contribution in [3.8, 4) is 0 Å². The molecule has 0 radical (unpaired) electrons. The number of furan rings is 1. The summed E-state index contributed by atoms with van der Waals surface area (Å²) in [6.07, 6.45) is 8.43. The van der Waals surface area contributed by atoms with E-state index < -0.39 is 5.54 Å². The largest absolute Gasteiger partial charge is 0.463 e. The molecule has 0 saturated heterocycles. The van der Waals surface area contributed by atoms with E-state index in [2.05, 4.69) is 5.32 Å². The Bertz CT molecular complexity index is 1060. The fourth-order valence-electron chi connectivity index (χ4n) is 4.84. The summed E-state index contributed by atoms with van der Waals surface area (Å²) in [5.41, 5.74) is 1.16. The quantitative estimate of drug-likeness (QED) is 0.624. The van der Waals surface area contributed by atoms with E-state index in [0.717, 1.165) is 36.1 Å². The molecule has 0 bridgehead atoms. The van der Waals surface area contributed by atoms with Crippen LogP contribution in [0.5, 0.6) is 0 Å². The van der Waals surface area contributed by atoms with Crippen molar-refractivity contribution >= 4 is 34.3 Å². The van der Waals surface area contributed by atoms with E-state index in [0.29, 0.717) is 24.4 Å². The van der Waals surface area contributed by atoms with Gasteiger partial charge in [0.05, 0.1) is 24.9 Å². The Kier molecular flexibility index (Phi) is 4.93. The fraction of sp³-hybridized carbons (Fsp3) is 0.478. The van der Waals surface area contributed by atoms with E-state index in [4.69, 9.17) is 4.42 Å². The van der Waals surface area contributed by atoms with Crippen LogP contribution in [0.2, 0.25) is 0 Å². The maximum atomic E-state index is 13.7. The van der Waals surface area contributed by atoms with Crippen molar-refractivity contribution in [3.63, 3.8) is 0 Å². The lowest BCUT2D eigenvalue weighted by molar-refractivity contribution is -0.134. The molecule has 2 amide bonds. The first-order chi connectivity index (χ1) is 14.6. The third-order valence-electron chi connectivity index (χ3n) is 6.62. The van der Waals surface area contributed by atoms with Gasteiger partial charge in [0, 0.05) is 23.1 Å². The smallest absolute Gasteiger partial charge is 0.271 e. The number of hydrogen-bond donors (Lipinski definition) is 1. The van der Waals surface area contributed by atoms with Crippen molar-refractivity contribution in [3.05, 3.63) is 46.5 Å². The monoisotopic (exact) mass is 425 g/mol. The number of carbonyl (C=O) groups excluding carboxylic acids is 2. The highest BCUT2D eigenvalue weighted by Crippen LogP contribution is 2.34. The van der Waals surface area contributed by atoms with Gasteiger partial charge in [0.2, 0.25) is 5.91 Å². The Morgan fingerprint density at radius 2 is 2.07 bits per heavy atom. The number of nitrogens with zero attached hydrogens (tertiary/aromatic N) is 2. The predicted octanol–water partition coefficient (Wildman–Crippen LogP) is 4.55. The summed E-state index contributed by atoms with van der Waals surface area (Å²) in [4.78, 5) is 30.0. The number of thiophene rings is 1. The third-order valence-corrected chi connectivity index (χ3v) is 7.48. The van der Waals surface area contributed by atoms with Crippen LogP contribution in [0, 0.1) is 0 Å². The standard InChI is InChI=1S/C23H27N3O3S/c1-23(22(28)24-16-7-4-2-3-5-8-16)15-25-18-10-11-29-20(18)13-19(25)21(27)26(23)14-17-9-6-12-30-17/h6,9-13,16H,2-5,7-8,14-15H2,1H3,(H,24,28). The Labute approximate surface area is 179 Å². The van der Waals surface area contributed by atoms with Gasteiger partial charge >= 0.3 is 0 Å². The molecule has 1 aliphatic carbocycles. The zero-order chi connectivity index (χ0) is 20.7. The van der Waals surface area contributed by atoms with Crippen LogP contribution in [-0.2, 0) is 17.9 Å². The summed E-state index contributed by atoms with van der Waals surface area (Å²) in [6, 6.07) is 7.84. The van der Waals surface area contributed by atoms with Crippen LogP contribution in [0.15, 0.2) is 40.3 Å². The topological polar surface area (TPSA) is 67.5 Å². The number of nitrogens with one attached hydrogen (secondary N) is 1. The summed E-state index contributed by atoms with van der Waals surface area (Å²) in [5, 5.41) is 5.30. The Morgan fingerprint density at radius 1 is 1.27 bits per heavy atom. The summed E-state index contributed by atoms with van der Waals surface area (Å²) in [6.45, 7) is 2.75. The average Bonchev–Trinajstić information content (AvgIpc) is 3.42. The van der Waals surface area contributed by atoms with Crippen LogP contribution in [0.3, 0.4) is 0 Å². The SMILES string of the molecule is CC1(C(=O)NC2CCCCCC2)Cn2c(cc3occc32)C(=O)N1Cc1cccs1. The minimum atomic E-state index is -0.969. The molecule has 1 N–H and O–H groups in total. The molecule has 30 heavy (non-hydrogen) atoms. The molecule has 1 saturated carbocycles. The molecule has 6 nitrogen and oxygen atoms in total. The number of fused-ring (bicyclic) bond motifs is 3. The van der Waals surface area contributed by atoms with Crippen LogP contribution in [0.25, 0.3) is 11.1 Å². The van der Waals surface area contributed by atoms with Gasteiger partial charge in [-0.05, 0) is 31.2 Å². The second-order valence-electron chi connectivity index (χ2n) is 8.69. The molecule has 3 aromatic heterocycles. The molecule has 1 unspecified atom stereocenters. The first-order valence-electron chi connectivity index (χ1n) is 10.8. The lowest BCUT2D eigenvalue weighted by Crippen LogP contribution is -2.64. The minimum absolute atomic E-state index is 0.0599. The van der Waals surface area contributed by atoms with Crippen LogP contribution in [0.1, 0.15) is 60.8 Å². The zero-order valence-electron chi connectivity index (χ0n) is 17.2. The Balaban J connectivity index is 1.51. The van der Waals surface area contributed by atoms with Crippen LogP contribution in [-0.4, -0.2) is 32.9 Å². The molecule has 4 heterocycles. The number of amides is 2. The molecule has 158 valence electrons. The molecule has 0 spiro atoms. The van der Waals surface area contributed by atoms with Crippen LogP contribution >= 0.6 is 11.3 Å². The molecule has 2 aliphatic rings. The van der Waals surface area contributed by atoms with Gasteiger partial charge in [-0.1, -0.05) is 31.7 Å². The molecular formula is C23H27N3O3S. The average molecular weight is 426 g/mol. The highest BCUT2D eigenvalue weighted by atomic mass is 32.1. The number of carbonyl (C=O) groups is 2. The molecule has 1 aliphatic heterocycles. The number of aromatic nitrogens is 1. The zero-order valence-corrected chi connectivity index (χ0v) is 18.0. The van der Waals surface area contributed by atoms with E-state index >= 15 is 0 Å². The van der Waals surface area contributed by atoms with E-state index in [-0.39, 0.29) is 17.9 Å². The molecule has 0 aromatic carbocycles. The van der Waals surface area contributed by atoms with Crippen LogP contribution in [0.4, 0.5) is 0 Å². The highest BCUT2D eigenvalue weighted by Gasteiger charge is 2.48. The van der Waals surface area contributed by atoms with Crippen LogP contribution < -0.4 is 5.32 Å². The van der Waals surface area contributed by atoms with E-state index in [1.165, 1.54) is 12.8 Å². The summed E-state index contributed by atoms with van der Waals surface area (Å²) in [5.74, 6) is -0.185. The van der Waals surface area contributed by atoms with Gasteiger partial charge in [-0.15, -0.1) is 11.3 Å². The molecule has 1 fully saturated rings. The normalized spacial score (nSPS) is 22.8. The number of rotatable bonds is 4. The summed E-state index contributed by atoms with van der Waals surface area (Å²) < 4.78 is 7.48. The van der Waals surface area contributed by atoms with Gasteiger partial charge < -0.3 is 19.2 Å². The van der Waals surface area contributed by atoms with Gasteiger partial charge in [0.25, 0.3) is 5.91 Å². The lowest BCUT2D eigenvalue weighted by Gasteiger charge is -2.44. The first-order valence-corrected chi connectivity index (χ1v) is 11.7. The van der Waals surface area contributed by atoms with Crippen molar-refractivity contribution in [1.29, 1.82) is 0 Å². The van der Waals surface area contributed by atoms with Gasteiger partial charge in [-0.2, -0.15) is 0 Å². The van der Waals surface area contributed by atoms with Crippen molar-refractivity contribution in [2.75, 3.05) is 0 Å². The first kappa shape index (κ1) is 19.4. The highest BCUT2D eigenvalue weighted by molar-refractivity contribution is 7.09. The number of hydrogen-bond acceptors (Lipinski definition) is 4. The van der Waals surface area contributed by atoms with Crippen molar-refractivity contribution in [1.82, 2.24) is 14.8 Å². The maximum Gasteiger partial charge on any atom is 0.271 e. The van der Waals surface area contributed by atoms with Gasteiger partial charge in [0.15, 0.2) is 5.58 Å². The molecule has 5 rings (SSSR count). The molecule has 3 aromatic rings. The molecule has 7 heteroatoms. The summed E-state index contributed by atoms with van der Waals surface area (Å²) in [7, 11) is 0. The van der Waals surface area contributed by atoms with E-state index in [1.54, 1.807) is 28.6 Å². The Hall–Kier alpha value is -2.54. The van der Waals surface area contributed by atoms with Gasteiger partial charge in [-0.3, -0.25) is 9.59 Å². The van der Waals surface area contributed by atoms with Gasteiger partial charge in [0.1, 0.15) is 11.2 Å². The second-order valence-corrected chi connectivity index (χ2v) is 9.72. The van der Waals surface area contributed by atoms with Crippen molar-refractivity contribution < 1.29 is 14.0 Å². The second kappa shape index (κ2) is 7.61. The third kappa shape index (κ3) is 3.25. The van der Waals surface area contributed by atoms with Crippen molar-refractivity contribution in [2.45, 2.75) is 70.1 Å². The predicted molar refractivity (Wildman–Crippen MR) is 116 cm³/mol. The maximum absolute atomic E-state index is 13.7.